The summed E-state index contributed by atoms with van der Waals surface area (Å²) in [5, 5.41) is 17.3. The molecule has 2 aromatic carbocycles. The molecule has 0 aliphatic heterocycles. The van der Waals surface area contributed by atoms with Crippen LogP contribution in [-0.4, -0.2) is 35.4 Å². The Balaban J connectivity index is 2.07. The van der Waals surface area contributed by atoms with Gasteiger partial charge in [0.2, 0.25) is 0 Å². The molecule has 0 fully saturated rings. The third-order valence-electron chi connectivity index (χ3n) is 5.05. The van der Waals surface area contributed by atoms with Gasteiger partial charge in [-0.3, -0.25) is 4.79 Å². The number of oxime groups is 1. The average Bonchev–Trinajstić information content (AvgIpc) is 2.71. The molecule has 8 heteroatoms. The molecule has 1 N–H and O–H groups in total. The fraction of sp³-hybridized carbons (Fsp3) is 0.227. The molecule has 0 bridgehead atoms. The van der Waals surface area contributed by atoms with E-state index in [1.807, 2.05) is 31.2 Å². The van der Waals surface area contributed by atoms with Gasteiger partial charge >= 0.3 is 0 Å². The average molecular weight is 426 g/mol. The first-order valence-electron chi connectivity index (χ1n) is 9.32. The Kier molecular flexibility index (Phi) is 6.17. The summed E-state index contributed by atoms with van der Waals surface area (Å²) in [6.45, 7) is 1.99. The van der Waals surface area contributed by atoms with Crippen molar-refractivity contribution < 1.29 is 13.6 Å². The molecule has 0 saturated heterocycles. The number of hydrogen-bond acceptors (Lipinski definition) is 6. The maximum atomic E-state index is 11.8. The lowest BCUT2D eigenvalue weighted by atomic mass is 9.84. The van der Waals surface area contributed by atoms with Crippen molar-refractivity contribution in [3.8, 4) is 0 Å². The second kappa shape index (κ2) is 8.62. The van der Waals surface area contributed by atoms with Gasteiger partial charge in [-0.15, -0.1) is 0 Å². The van der Waals surface area contributed by atoms with E-state index in [9.17, 15) is 18.4 Å². The molecule has 0 spiro atoms. The molecule has 0 radical (unpaired) electrons. The zero-order chi connectivity index (χ0) is 21.9. The van der Waals surface area contributed by atoms with E-state index < -0.39 is 9.84 Å². The smallest absolute Gasteiger partial charge is 0.266 e. The summed E-state index contributed by atoms with van der Waals surface area (Å²) in [5.41, 5.74) is 3.42. The minimum absolute atomic E-state index is 0.204. The van der Waals surface area contributed by atoms with Gasteiger partial charge in [0.1, 0.15) is 11.4 Å². The van der Waals surface area contributed by atoms with Gasteiger partial charge in [0.05, 0.1) is 4.90 Å². The highest BCUT2D eigenvalue weighted by Gasteiger charge is 2.22. The maximum Gasteiger partial charge on any atom is 0.266 e. The lowest BCUT2D eigenvalue weighted by molar-refractivity contribution is 0.317. The summed E-state index contributed by atoms with van der Waals surface area (Å²) in [6, 6.07) is 17.5. The predicted octanol–water partition coefficient (Wildman–Crippen LogP) is 2.89. The molecule has 0 aliphatic rings. The molecule has 0 aliphatic carbocycles. The van der Waals surface area contributed by atoms with Crippen molar-refractivity contribution in [2.24, 2.45) is 12.2 Å². The second-order valence-electron chi connectivity index (χ2n) is 7.18. The van der Waals surface area contributed by atoms with Crippen molar-refractivity contribution in [1.29, 1.82) is 0 Å². The van der Waals surface area contributed by atoms with Gasteiger partial charge in [0.25, 0.3) is 5.56 Å². The van der Waals surface area contributed by atoms with Gasteiger partial charge < -0.3 is 5.21 Å². The largest absolute Gasteiger partial charge is 0.411 e. The first-order valence-corrected chi connectivity index (χ1v) is 11.2. The van der Waals surface area contributed by atoms with Gasteiger partial charge in [-0.25, -0.2) is 13.1 Å². The van der Waals surface area contributed by atoms with E-state index in [2.05, 4.69) is 10.3 Å². The van der Waals surface area contributed by atoms with Gasteiger partial charge in [-0.1, -0.05) is 41.6 Å². The molecule has 30 heavy (non-hydrogen) atoms. The van der Waals surface area contributed by atoms with E-state index in [-0.39, 0.29) is 16.4 Å². The van der Waals surface area contributed by atoms with E-state index in [1.54, 1.807) is 24.3 Å². The van der Waals surface area contributed by atoms with E-state index in [4.69, 9.17) is 0 Å². The van der Waals surface area contributed by atoms with E-state index in [0.717, 1.165) is 16.7 Å². The standard InChI is InChI=1S/C22H23N3O4S/c1-15-6-4-5-7-18(15)19(16-8-10-17(11-9-16)30(3,28)29)14-21(24-27)20-12-13-22(26)25(2)23-20/h4-13,19,27H,14H2,1-3H3/b24-21+. The molecule has 1 aromatic heterocycles. The zero-order valence-corrected chi connectivity index (χ0v) is 17.8. The summed E-state index contributed by atoms with van der Waals surface area (Å²) in [7, 11) is -1.77. The molecular weight excluding hydrogens is 402 g/mol. The zero-order valence-electron chi connectivity index (χ0n) is 17.0. The number of nitrogens with zero attached hydrogens (tertiary/aromatic N) is 3. The van der Waals surface area contributed by atoms with E-state index >= 15 is 0 Å². The Morgan fingerprint density at radius 2 is 1.77 bits per heavy atom. The van der Waals surface area contributed by atoms with Crippen LogP contribution in [0.4, 0.5) is 0 Å². The first-order chi connectivity index (χ1) is 14.2. The topological polar surface area (TPSA) is 102 Å². The summed E-state index contributed by atoms with van der Waals surface area (Å²) >= 11 is 0. The van der Waals surface area contributed by atoms with Gasteiger partial charge in [0, 0.05) is 31.7 Å². The fourth-order valence-electron chi connectivity index (χ4n) is 3.38. The number of rotatable bonds is 6. The van der Waals surface area contributed by atoms with Crippen LogP contribution in [-0.2, 0) is 16.9 Å². The Bertz CT molecular complexity index is 1250. The second-order valence-corrected chi connectivity index (χ2v) is 9.20. The van der Waals surface area contributed by atoms with Crippen molar-refractivity contribution in [3.63, 3.8) is 0 Å². The SMILES string of the molecule is Cc1ccccc1C(C/C(=N\O)c1ccc(=O)n(C)n1)c1ccc(S(C)(=O)=O)cc1. The van der Waals surface area contributed by atoms with Crippen LogP contribution in [0.2, 0.25) is 0 Å². The molecule has 1 unspecified atom stereocenters. The highest BCUT2D eigenvalue weighted by Crippen LogP contribution is 2.32. The highest BCUT2D eigenvalue weighted by atomic mass is 32.2. The predicted molar refractivity (Wildman–Crippen MR) is 115 cm³/mol. The van der Waals surface area contributed by atoms with E-state index in [0.29, 0.717) is 17.8 Å². The number of aromatic nitrogens is 2. The summed E-state index contributed by atoms with van der Waals surface area (Å²) < 4.78 is 24.8. The Morgan fingerprint density at radius 3 is 2.33 bits per heavy atom. The van der Waals surface area contributed by atoms with E-state index in [1.165, 1.54) is 30.1 Å². The van der Waals surface area contributed by atoms with Gasteiger partial charge in [-0.05, 0) is 41.8 Å². The number of hydrogen-bond donors (Lipinski definition) is 1. The maximum absolute atomic E-state index is 11.8. The van der Waals surface area contributed by atoms with Crippen LogP contribution in [0.3, 0.4) is 0 Å². The summed E-state index contributed by atoms with van der Waals surface area (Å²) in [5.74, 6) is -0.204. The third kappa shape index (κ3) is 4.65. The first kappa shape index (κ1) is 21.4. The number of benzene rings is 2. The van der Waals surface area contributed by atoms with Crippen LogP contribution in [0.5, 0.6) is 0 Å². The summed E-state index contributed by atoms with van der Waals surface area (Å²) in [4.78, 5) is 11.9. The molecule has 1 atom stereocenters. The third-order valence-corrected chi connectivity index (χ3v) is 6.18. The Morgan fingerprint density at radius 1 is 1.10 bits per heavy atom. The molecule has 3 rings (SSSR count). The summed E-state index contributed by atoms with van der Waals surface area (Å²) in [6.07, 6.45) is 1.48. The lowest BCUT2D eigenvalue weighted by Gasteiger charge is -2.21. The van der Waals surface area contributed by atoms with Crippen LogP contribution >= 0.6 is 0 Å². The Labute approximate surface area is 175 Å². The quantitative estimate of drug-likeness (QED) is 0.372. The molecule has 0 amide bonds. The number of aryl methyl sites for hydroxylation is 2. The molecule has 1 heterocycles. The van der Waals surface area contributed by atoms with Crippen LogP contribution < -0.4 is 5.56 Å². The van der Waals surface area contributed by atoms with Gasteiger partial charge in [0.15, 0.2) is 9.84 Å². The minimum Gasteiger partial charge on any atom is -0.411 e. The lowest BCUT2D eigenvalue weighted by Crippen LogP contribution is -2.22. The van der Waals surface area contributed by atoms with Crippen molar-refractivity contribution in [3.05, 3.63) is 93.4 Å². The molecular formula is C22H23N3O4S. The number of sulfone groups is 1. The van der Waals surface area contributed by atoms with Crippen molar-refractivity contribution >= 4 is 15.5 Å². The normalized spacial score (nSPS) is 13.2. The molecule has 7 nitrogen and oxygen atoms in total. The minimum atomic E-state index is -3.30. The fourth-order valence-corrected chi connectivity index (χ4v) is 4.01. The molecule has 0 saturated carbocycles. The van der Waals surface area contributed by atoms with Crippen molar-refractivity contribution in [2.45, 2.75) is 24.2 Å². The van der Waals surface area contributed by atoms with Crippen LogP contribution in [0.25, 0.3) is 0 Å². The van der Waals surface area contributed by atoms with Crippen molar-refractivity contribution in [2.75, 3.05) is 6.26 Å². The van der Waals surface area contributed by atoms with Crippen molar-refractivity contribution in [1.82, 2.24) is 9.78 Å². The van der Waals surface area contributed by atoms with Gasteiger partial charge in [-0.2, -0.15) is 5.10 Å². The monoisotopic (exact) mass is 425 g/mol. The van der Waals surface area contributed by atoms with Crippen LogP contribution in [0, 0.1) is 6.92 Å². The molecule has 156 valence electrons. The Hall–Kier alpha value is -3.26. The van der Waals surface area contributed by atoms with Crippen LogP contribution in [0.1, 0.15) is 34.7 Å². The molecule has 3 aromatic rings. The highest BCUT2D eigenvalue weighted by molar-refractivity contribution is 7.90. The van der Waals surface area contributed by atoms with Crippen LogP contribution in [0.15, 0.2) is 75.5 Å².